The molecule has 0 radical (unpaired) electrons. The van der Waals surface area contributed by atoms with Gasteiger partial charge in [0.1, 0.15) is 0 Å². The predicted octanol–water partition coefficient (Wildman–Crippen LogP) is 2.35. The standard InChI is InChI=1S/C13H26N2S/c1-12(2)10-15(9-5-8-14-12)11-13(16-3)6-4-7-13/h14H,4-11H2,1-3H3. The molecule has 0 bridgehead atoms. The maximum absolute atomic E-state index is 3.64. The summed E-state index contributed by atoms with van der Waals surface area (Å²) in [6.45, 7) is 9.62. The lowest BCUT2D eigenvalue weighted by atomic mass is 9.83. The Kier molecular flexibility index (Phi) is 3.87. The molecule has 0 spiro atoms. The maximum atomic E-state index is 3.64. The highest BCUT2D eigenvalue weighted by atomic mass is 32.2. The van der Waals surface area contributed by atoms with Gasteiger partial charge in [-0.1, -0.05) is 6.42 Å². The molecule has 1 aliphatic carbocycles. The molecule has 94 valence electrons. The van der Waals surface area contributed by atoms with Gasteiger partial charge in [0, 0.05) is 23.4 Å². The fourth-order valence-corrected chi connectivity index (χ4v) is 3.97. The fraction of sp³-hybridized carbons (Fsp3) is 1.00. The molecule has 0 amide bonds. The second-order valence-corrected chi connectivity index (χ2v) is 7.39. The van der Waals surface area contributed by atoms with E-state index in [1.165, 1.54) is 51.9 Å². The lowest BCUT2D eigenvalue weighted by Gasteiger charge is -2.44. The topological polar surface area (TPSA) is 15.3 Å². The van der Waals surface area contributed by atoms with Crippen LogP contribution in [0.4, 0.5) is 0 Å². The summed E-state index contributed by atoms with van der Waals surface area (Å²) in [5, 5.41) is 3.64. The molecule has 2 rings (SSSR count). The number of thioether (sulfide) groups is 1. The summed E-state index contributed by atoms with van der Waals surface area (Å²) < 4.78 is 0.598. The lowest BCUT2D eigenvalue weighted by Crippen LogP contribution is -2.51. The van der Waals surface area contributed by atoms with Gasteiger partial charge in [0.2, 0.25) is 0 Å². The highest BCUT2D eigenvalue weighted by Crippen LogP contribution is 2.43. The van der Waals surface area contributed by atoms with Crippen LogP contribution < -0.4 is 5.32 Å². The summed E-state index contributed by atoms with van der Waals surface area (Å²) in [5.41, 5.74) is 0.292. The van der Waals surface area contributed by atoms with E-state index in [0.717, 1.165) is 0 Å². The molecule has 3 heteroatoms. The molecule has 0 atom stereocenters. The first kappa shape index (κ1) is 12.7. The summed E-state index contributed by atoms with van der Waals surface area (Å²) in [6, 6.07) is 0. The Morgan fingerprint density at radius 1 is 1.25 bits per heavy atom. The van der Waals surface area contributed by atoms with Crippen molar-refractivity contribution in [2.24, 2.45) is 0 Å². The van der Waals surface area contributed by atoms with Gasteiger partial charge in [-0.05, 0) is 52.5 Å². The molecule has 1 N–H and O–H groups in total. The normalized spacial score (nSPS) is 29.4. The number of hydrogen-bond acceptors (Lipinski definition) is 3. The first-order chi connectivity index (χ1) is 7.55. The zero-order chi connectivity index (χ0) is 11.6. The van der Waals surface area contributed by atoms with Crippen LogP contribution in [0.15, 0.2) is 0 Å². The van der Waals surface area contributed by atoms with E-state index in [0.29, 0.717) is 10.3 Å². The molecular weight excluding hydrogens is 216 g/mol. The minimum atomic E-state index is 0.292. The zero-order valence-electron chi connectivity index (χ0n) is 11.0. The van der Waals surface area contributed by atoms with Gasteiger partial charge in [0.05, 0.1) is 0 Å². The van der Waals surface area contributed by atoms with Crippen molar-refractivity contribution < 1.29 is 0 Å². The van der Waals surface area contributed by atoms with Crippen molar-refractivity contribution in [2.75, 3.05) is 32.4 Å². The van der Waals surface area contributed by atoms with Crippen LogP contribution in [0.5, 0.6) is 0 Å². The summed E-state index contributed by atoms with van der Waals surface area (Å²) in [7, 11) is 0. The molecule has 0 aromatic heterocycles. The van der Waals surface area contributed by atoms with Crippen LogP contribution in [0.1, 0.15) is 39.5 Å². The van der Waals surface area contributed by atoms with Gasteiger partial charge in [0.25, 0.3) is 0 Å². The van der Waals surface area contributed by atoms with Gasteiger partial charge in [0.15, 0.2) is 0 Å². The van der Waals surface area contributed by atoms with Crippen molar-refractivity contribution in [1.82, 2.24) is 10.2 Å². The van der Waals surface area contributed by atoms with Crippen molar-refractivity contribution >= 4 is 11.8 Å². The van der Waals surface area contributed by atoms with E-state index in [9.17, 15) is 0 Å². The van der Waals surface area contributed by atoms with Crippen LogP contribution in [-0.4, -0.2) is 47.6 Å². The van der Waals surface area contributed by atoms with Crippen molar-refractivity contribution in [3.05, 3.63) is 0 Å². The van der Waals surface area contributed by atoms with Crippen molar-refractivity contribution in [3.8, 4) is 0 Å². The number of nitrogens with one attached hydrogen (secondary N) is 1. The van der Waals surface area contributed by atoms with E-state index < -0.39 is 0 Å². The van der Waals surface area contributed by atoms with Crippen LogP contribution in [0, 0.1) is 0 Å². The molecule has 0 unspecified atom stereocenters. The molecule has 2 aliphatic rings. The third kappa shape index (κ3) is 2.93. The molecule has 1 aliphatic heterocycles. The van der Waals surface area contributed by atoms with Crippen LogP contribution in [0.25, 0.3) is 0 Å². The van der Waals surface area contributed by atoms with Crippen LogP contribution in [-0.2, 0) is 0 Å². The van der Waals surface area contributed by atoms with Crippen LogP contribution in [0.2, 0.25) is 0 Å². The molecule has 0 aromatic rings. The Balaban J connectivity index is 1.92. The minimum Gasteiger partial charge on any atom is -0.310 e. The summed E-state index contributed by atoms with van der Waals surface area (Å²) in [5.74, 6) is 0. The first-order valence-corrected chi connectivity index (χ1v) is 7.80. The van der Waals surface area contributed by atoms with Crippen molar-refractivity contribution in [1.29, 1.82) is 0 Å². The summed E-state index contributed by atoms with van der Waals surface area (Å²) in [6.07, 6.45) is 7.89. The van der Waals surface area contributed by atoms with E-state index >= 15 is 0 Å². The van der Waals surface area contributed by atoms with Crippen LogP contribution >= 0.6 is 11.8 Å². The van der Waals surface area contributed by atoms with Gasteiger partial charge < -0.3 is 10.2 Å². The largest absolute Gasteiger partial charge is 0.310 e. The number of rotatable bonds is 3. The monoisotopic (exact) mass is 242 g/mol. The van der Waals surface area contributed by atoms with Crippen molar-refractivity contribution in [3.63, 3.8) is 0 Å². The predicted molar refractivity (Wildman–Crippen MR) is 73.2 cm³/mol. The number of nitrogens with zero attached hydrogens (tertiary/aromatic N) is 1. The second kappa shape index (κ2) is 4.87. The van der Waals surface area contributed by atoms with Gasteiger partial charge in [-0.25, -0.2) is 0 Å². The Morgan fingerprint density at radius 2 is 2.00 bits per heavy atom. The van der Waals surface area contributed by atoms with E-state index in [4.69, 9.17) is 0 Å². The Bertz CT molecular complexity index is 231. The average Bonchev–Trinajstić information content (AvgIpc) is 2.33. The van der Waals surface area contributed by atoms with E-state index in [1.54, 1.807) is 0 Å². The number of hydrogen-bond donors (Lipinski definition) is 1. The molecule has 1 saturated heterocycles. The lowest BCUT2D eigenvalue weighted by molar-refractivity contribution is 0.179. The highest BCUT2D eigenvalue weighted by Gasteiger charge is 2.38. The van der Waals surface area contributed by atoms with Gasteiger partial charge >= 0.3 is 0 Å². The smallest absolute Gasteiger partial charge is 0.0284 e. The minimum absolute atomic E-state index is 0.292. The fourth-order valence-electron chi connectivity index (χ4n) is 2.96. The molecule has 1 saturated carbocycles. The SMILES string of the molecule is CSC1(CN2CCCNC(C)(C)C2)CCC1. The zero-order valence-corrected chi connectivity index (χ0v) is 11.8. The van der Waals surface area contributed by atoms with Gasteiger partial charge in [-0.15, -0.1) is 0 Å². The van der Waals surface area contributed by atoms with Gasteiger partial charge in [-0.3, -0.25) is 0 Å². The first-order valence-electron chi connectivity index (χ1n) is 6.58. The molecule has 1 heterocycles. The summed E-state index contributed by atoms with van der Waals surface area (Å²) in [4.78, 5) is 2.69. The van der Waals surface area contributed by atoms with Crippen LogP contribution in [0.3, 0.4) is 0 Å². The summed E-state index contributed by atoms with van der Waals surface area (Å²) >= 11 is 2.10. The molecular formula is C13H26N2S. The molecule has 16 heavy (non-hydrogen) atoms. The maximum Gasteiger partial charge on any atom is 0.0284 e. The Hall–Kier alpha value is 0.270. The van der Waals surface area contributed by atoms with E-state index in [2.05, 4.69) is 42.1 Å². The van der Waals surface area contributed by atoms with Crippen molar-refractivity contribution in [2.45, 2.75) is 49.8 Å². The van der Waals surface area contributed by atoms with E-state index in [1.807, 2.05) is 0 Å². The van der Waals surface area contributed by atoms with Gasteiger partial charge in [-0.2, -0.15) is 11.8 Å². The Labute approximate surface area is 105 Å². The van der Waals surface area contributed by atoms with E-state index in [-0.39, 0.29) is 0 Å². The third-order valence-corrected chi connectivity index (χ3v) is 5.49. The molecule has 2 nitrogen and oxygen atoms in total. The highest BCUT2D eigenvalue weighted by molar-refractivity contribution is 8.00. The molecule has 0 aromatic carbocycles. The second-order valence-electron chi connectivity index (χ2n) is 6.12. The third-order valence-electron chi connectivity index (χ3n) is 4.08. The average molecular weight is 242 g/mol. The Morgan fingerprint density at radius 3 is 2.56 bits per heavy atom. The molecule has 2 fully saturated rings. The quantitative estimate of drug-likeness (QED) is 0.818.